The van der Waals surface area contributed by atoms with E-state index in [1.165, 1.54) is 0 Å². The van der Waals surface area contributed by atoms with Crippen molar-refractivity contribution in [1.29, 1.82) is 0 Å². The first-order valence-electron chi connectivity index (χ1n) is 31.1. The summed E-state index contributed by atoms with van der Waals surface area (Å²) in [4.78, 5) is 58.1. The lowest BCUT2D eigenvalue weighted by Crippen LogP contribution is -2.30. The molecule has 0 aromatic heterocycles. The predicted octanol–water partition coefficient (Wildman–Crippen LogP) is 16.6. The standard InChI is InChI=1S/C67H108O16P2/c1-4-7-10-13-16-19-22-25-27-29-30-32-34-36-38-41-44-47-50-53-65(70)77-56-62(68)57-79-84(73,74)80-58-63(69)59-81-85(75,76)82-61-64(83-67(72)55-52-49-46-43-40-35-24-21-18-15-12-9-6-3)60-78-66(71)54-51-48-45-42-39-37-33-31-28-26-23-20-17-14-11-8-5-2/h7-8,10-12,15-17,19-21,24-28,30,32-33,36-38,44,47,62-64,68-69H,4-6,9,13-14,18,22-23,29,31,34-35,39-43,45-46,48-61H2,1-3H3,(H,73,74)(H,75,76)/b10-7-,11-8-,15-12-,19-16-,20-17-,24-21-,27-25-,28-26-,32-30-,37-33-,38-36-,47-44-. The number of aliphatic hydroxyl groups is 2. The fourth-order valence-corrected chi connectivity index (χ4v) is 8.91. The number of esters is 3. The molecule has 0 saturated carbocycles. The van der Waals surface area contributed by atoms with Gasteiger partial charge in [0.2, 0.25) is 0 Å². The van der Waals surface area contributed by atoms with Gasteiger partial charge in [0.25, 0.3) is 0 Å². The van der Waals surface area contributed by atoms with E-state index in [-0.39, 0.29) is 19.3 Å². The molecule has 0 saturated heterocycles. The topological polar surface area (TPSA) is 231 Å². The van der Waals surface area contributed by atoms with Gasteiger partial charge < -0.3 is 34.2 Å². The van der Waals surface area contributed by atoms with Gasteiger partial charge >= 0.3 is 33.6 Å². The fourth-order valence-electron chi connectivity index (χ4n) is 7.33. The number of rotatable bonds is 57. The zero-order chi connectivity index (χ0) is 62.4. The number of carbonyl (C=O) groups is 3. The van der Waals surface area contributed by atoms with Crippen molar-refractivity contribution in [2.24, 2.45) is 0 Å². The number of carbonyl (C=O) groups excluding carboxylic acids is 3. The lowest BCUT2D eigenvalue weighted by atomic mass is 10.1. The van der Waals surface area contributed by atoms with Crippen LogP contribution >= 0.6 is 15.6 Å². The quantitative estimate of drug-likeness (QED) is 0.0146. The van der Waals surface area contributed by atoms with Gasteiger partial charge in [-0.05, 0) is 122 Å². The van der Waals surface area contributed by atoms with Gasteiger partial charge in [0.1, 0.15) is 25.4 Å². The maximum absolute atomic E-state index is 12.9. The molecule has 5 unspecified atom stereocenters. The highest BCUT2D eigenvalue weighted by Crippen LogP contribution is 2.45. The molecule has 0 bridgehead atoms. The minimum atomic E-state index is -4.94. The van der Waals surface area contributed by atoms with Crippen LogP contribution in [0.4, 0.5) is 0 Å². The second-order valence-electron chi connectivity index (χ2n) is 20.1. The molecule has 0 radical (unpaired) electrons. The molecule has 482 valence electrons. The molecule has 0 rings (SSSR count). The van der Waals surface area contributed by atoms with Crippen LogP contribution in [0.1, 0.15) is 201 Å². The van der Waals surface area contributed by atoms with Crippen molar-refractivity contribution in [2.75, 3.05) is 39.6 Å². The smallest absolute Gasteiger partial charge is 0.463 e. The summed E-state index contributed by atoms with van der Waals surface area (Å²) in [6.07, 6.45) is 69.3. The average molecular weight is 1230 g/mol. The van der Waals surface area contributed by atoms with Gasteiger partial charge in [-0.1, -0.05) is 205 Å². The summed E-state index contributed by atoms with van der Waals surface area (Å²) in [6.45, 7) is 2.18. The van der Waals surface area contributed by atoms with E-state index >= 15 is 0 Å². The van der Waals surface area contributed by atoms with Crippen LogP contribution < -0.4 is 0 Å². The zero-order valence-electron chi connectivity index (χ0n) is 51.7. The average Bonchev–Trinajstić information content (AvgIpc) is 3.51. The highest BCUT2D eigenvalue weighted by molar-refractivity contribution is 7.47. The molecule has 0 fully saturated rings. The summed E-state index contributed by atoms with van der Waals surface area (Å²) in [5.74, 6) is -1.72. The predicted molar refractivity (Wildman–Crippen MR) is 343 cm³/mol. The van der Waals surface area contributed by atoms with Gasteiger partial charge in [0.15, 0.2) is 6.10 Å². The van der Waals surface area contributed by atoms with E-state index < -0.39 is 91.5 Å². The van der Waals surface area contributed by atoms with Gasteiger partial charge in [0.05, 0.1) is 26.4 Å². The van der Waals surface area contributed by atoms with E-state index in [1.807, 2.05) is 18.2 Å². The summed E-state index contributed by atoms with van der Waals surface area (Å²) in [7, 11) is -9.81. The van der Waals surface area contributed by atoms with Crippen LogP contribution in [0, 0.1) is 0 Å². The highest BCUT2D eigenvalue weighted by atomic mass is 31.2. The monoisotopic (exact) mass is 1230 g/mol. The van der Waals surface area contributed by atoms with Gasteiger partial charge in [0, 0.05) is 19.3 Å². The van der Waals surface area contributed by atoms with Crippen molar-refractivity contribution in [3.63, 3.8) is 0 Å². The SMILES string of the molecule is CC/C=C\C/C=C\C/C=C\C/C=C\C/C=C\C/C=C\CCC(=O)OCC(O)COP(=O)(O)OCC(O)COP(=O)(O)OCC(COC(=O)CCCCCC/C=C\C/C=C\C/C=C\C/C=C\CC)OC(=O)CCCCCCC/C=C\C/C=C\CCC. The number of hydrogen-bond donors (Lipinski definition) is 4. The molecule has 0 amide bonds. The molecule has 5 atom stereocenters. The van der Waals surface area contributed by atoms with Gasteiger partial charge in [-0.3, -0.25) is 32.5 Å². The number of ether oxygens (including phenoxy) is 3. The van der Waals surface area contributed by atoms with E-state index in [0.717, 1.165) is 135 Å². The molecule has 0 aliphatic rings. The number of hydrogen-bond acceptors (Lipinski definition) is 14. The molecular formula is C67H108O16P2. The van der Waals surface area contributed by atoms with Gasteiger partial charge in [-0.15, -0.1) is 0 Å². The molecule has 18 heteroatoms. The van der Waals surface area contributed by atoms with Crippen molar-refractivity contribution in [3.8, 4) is 0 Å². The molecular weight excluding hydrogens is 1120 g/mol. The summed E-state index contributed by atoms with van der Waals surface area (Å²) in [6, 6.07) is 0. The Morgan fingerprint density at radius 3 is 1.06 bits per heavy atom. The van der Waals surface area contributed by atoms with Crippen molar-refractivity contribution in [1.82, 2.24) is 0 Å². The molecule has 0 aliphatic heterocycles. The van der Waals surface area contributed by atoms with Gasteiger partial charge in [-0.25, -0.2) is 9.13 Å². The summed E-state index contributed by atoms with van der Waals surface area (Å²) in [5, 5.41) is 20.5. The Bertz CT molecular complexity index is 2130. The zero-order valence-corrected chi connectivity index (χ0v) is 53.5. The number of aliphatic hydroxyl groups excluding tert-OH is 2. The van der Waals surface area contributed by atoms with Crippen LogP contribution in [-0.4, -0.2) is 95.9 Å². The summed E-state index contributed by atoms with van der Waals surface area (Å²) >= 11 is 0. The first-order valence-corrected chi connectivity index (χ1v) is 34.1. The molecule has 0 heterocycles. The molecule has 85 heavy (non-hydrogen) atoms. The number of allylic oxidation sites excluding steroid dienone is 24. The Hall–Kier alpha value is -4.57. The second kappa shape index (κ2) is 59.7. The minimum absolute atomic E-state index is 0.0549. The van der Waals surface area contributed by atoms with Crippen LogP contribution in [-0.2, 0) is 55.8 Å². The molecule has 0 aromatic carbocycles. The lowest BCUT2D eigenvalue weighted by Gasteiger charge is -2.21. The highest BCUT2D eigenvalue weighted by Gasteiger charge is 2.29. The molecule has 0 aromatic rings. The van der Waals surface area contributed by atoms with Crippen LogP contribution in [0.15, 0.2) is 146 Å². The third kappa shape index (κ3) is 60.9. The number of unbranched alkanes of at least 4 members (excludes halogenated alkanes) is 10. The van der Waals surface area contributed by atoms with Crippen LogP contribution in [0.25, 0.3) is 0 Å². The number of phosphoric ester groups is 2. The Balaban J connectivity index is 4.78. The second-order valence-corrected chi connectivity index (χ2v) is 23.0. The van der Waals surface area contributed by atoms with E-state index in [2.05, 4.69) is 148 Å². The third-order valence-corrected chi connectivity index (χ3v) is 13.9. The fraction of sp³-hybridized carbons (Fsp3) is 0.597. The maximum Gasteiger partial charge on any atom is 0.472 e. The molecule has 0 aliphatic carbocycles. The van der Waals surface area contributed by atoms with Crippen LogP contribution in [0.5, 0.6) is 0 Å². The lowest BCUT2D eigenvalue weighted by molar-refractivity contribution is -0.161. The van der Waals surface area contributed by atoms with Crippen molar-refractivity contribution in [3.05, 3.63) is 146 Å². The van der Waals surface area contributed by atoms with Crippen LogP contribution in [0.2, 0.25) is 0 Å². The first kappa shape index (κ1) is 80.4. The Morgan fingerprint density at radius 2 is 0.647 bits per heavy atom. The van der Waals surface area contributed by atoms with Gasteiger partial charge in [-0.2, -0.15) is 0 Å². The van der Waals surface area contributed by atoms with Crippen molar-refractivity contribution < 1.29 is 75.8 Å². The Morgan fingerprint density at radius 1 is 0.341 bits per heavy atom. The third-order valence-electron chi connectivity index (χ3n) is 12.0. The normalized spacial score (nSPS) is 15.3. The van der Waals surface area contributed by atoms with E-state index in [9.17, 15) is 43.5 Å². The Labute approximate surface area is 511 Å². The van der Waals surface area contributed by atoms with Crippen molar-refractivity contribution >= 4 is 33.6 Å². The maximum atomic E-state index is 12.9. The van der Waals surface area contributed by atoms with E-state index in [0.29, 0.717) is 25.7 Å². The summed E-state index contributed by atoms with van der Waals surface area (Å²) < 4.78 is 60.6. The Kier molecular flexibility index (Phi) is 56.5. The van der Waals surface area contributed by atoms with E-state index in [4.69, 9.17) is 32.3 Å². The minimum Gasteiger partial charge on any atom is -0.463 e. The molecule has 4 N–H and O–H groups in total. The van der Waals surface area contributed by atoms with E-state index in [1.54, 1.807) is 0 Å². The molecule has 16 nitrogen and oxygen atoms in total. The van der Waals surface area contributed by atoms with Crippen molar-refractivity contribution in [2.45, 2.75) is 219 Å². The largest absolute Gasteiger partial charge is 0.472 e. The first-order chi connectivity index (χ1) is 41.2. The molecule has 0 spiro atoms. The summed E-state index contributed by atoms with van der Waals surface area (Å²) in [5.41, 5.74) is 0. The van der Waals surface area contributed by atoms with Crippen LogP contribution in [0.3, 0.4) is 0 Å². The number of phosphoric acid groups is 2.